The summed E-state index contributed by atoms with van der Waals surface area (Å²) >= 11 is 0. The highest BCUT2D eigenvalue weighted by atomic mass is 16.2. The first-order chi connectivity index (χ1) is 7.43. The van der Waals surface area contributed by atoms with Crippen molar-refractivity contribution in [2.45, 2.75) is 32.7 Å². The van der Waals surface area contributed by atoms with Crippen LogP contribution in [0.15, 0.2) is 0 Å². The van der Waals surface area contributed by atoms with Gasteiger partial charge in [-0.2, -0.15) is 0 Å². The predicted octanol–water partition coefficient (Wildman–Crippen LogP) is 0.0505. The fraction of sp³-hybridized carbons (Fsp3) is 0.818. The summed E-state index contributed by atoms with van der Waals surface area (Å²) in [6.07, 6.45) is 1.53. The Morgan fingerprint density at radius 2 is 1.81 bits per heavy atom. The molecule has 0 aliphatic carbocycles. The van der Waals surface area contributed by atoms with Gasteiger partial charge < -0.3 is 10.6 Å². The molecule has 1 unspecified atom stereocenters. The largest absolute Gasteiger partial charge is 0.368 e. The Bertz CT molecular complexity index is 241. The normalized spacial score (nSPS) is 12.6. The van der Waals surface area contributed by atoms with E-state index in [4.69, 9.17) is 5.73 Å². The van der Waals surface area contributed by atoms with Gasteiger partial charge in [0.1, 0.15) is 0 Å². The van der Waals surface area contributed by atoms with Gasteiger partial charge in [0.25, 0.3) is 0 Å². The first-order valence-electron chi connectivity index (χ1n) is 5.67. The zero-order chi connectivity index (χ0) is 12.7. The van der Waals surface area contributed by atoms with E-state index in [1.807, 2.05) is 18.7 Å². The topological polar surface area (TPSA) is 66.6 Å². The van der Waals surface area contributed by atoms with Crippen molar-refractivity contribution >= 4 is 11.8 Å². The Labute approximate surface area is 97.6 Å². The van der Waals surface area contributed by atoms with Crippen LogP contribution in [0.25, 0.3) is 0 Å². The third-order valence-electron chi connectivity index (χ3n) is 2.50. The third kappa shape index (κ3) is 4.61. The van der Waals surface area contributed by atoms with Crippen LogP contribution in [0.2, 0.25) is 0 Å². The summed E-state index contributed by atoms with van der Waals surface area (Å²) in [4.78, 5) is 26.2. The average Bonchev–Trinajstić information content (AvgIpc) is 2.18. The monoisotopic (exact) mass is 229 g/mol. The molecular formula is C11H23N3O2. The lowest BCUT2D eigenvalue weighted by atomic mass is 10.1. The molecule has 0 fully saturated rings. The Balaban J connectivity index is 4.58. The number of rotatable bonds is 7. The van der Waals surface area contributed by atoms with Gasteiger partial charge in [0, 0.05) is 14.1 Å². The van der Waals surface area contributed by atoms with E-state index in [1.54, 1.807) is 14.1 Å². The van der Waals surface area contributed by atoms with E-state index in [1.165, 1.54) is 4.90 Å². The number of likely N-dealkylation sites (N-methyl/N-ethyl adjacent to an activating group) is 1. The quantitative estimate of drug-likeness (QED) is 0.671. The van der Waals surface area contributed by atoms with Crippen molar-refractivity contribution in [3.63, 3.8) is 0 Å². The van der Waals surface area contributed by atoms with Crippen LogP contribution in [0.4, 0.5) is 0 Å². The van der Waals surface area contributed by atoms with Crippen molar-refractivity contribution in [3.8, 4) is 0 Å². The zero-order valence-electron chi connectivity index (χ0n) is 10.7. The van der Waals surface area contributed by atoms with E-state index < -0.39 is 0 Å². The number of nitrogens with two attached hydrogens (primary N) is 1. The first-order valence-corrected chi connectivity index (χ1v) is 5.67. The van der Waals surface area contributed by atoms with Crippen LogP contribution in [-0.4, -0.2) is 54.8 Å². The molecule has 0 radical (unpaired) electrons. The number of carbonyl (C=O) groups is 2. The number of hydrogen-bond donors (Lipinski definition) is 1. The Kier molecular flexibility index (Phi) is 6.72. The van der Waals surface area contributed by atoms with Gasteiger partial charge >= 0.3 is 0 Å². The molecule has 0 aliphatic heterocycles. The molecule has 0 spiro atoms. The smallest absolute Gasteiger partial charge is 0.236 e. The van der Waals surface area contributed by atoms with Crippen LogP contribution >= 0.6 is 0 Å². The molecule has 2 N–H and O–H groups in total. The van der Waals surface area contributed by atoms with Crippen molar-refractivity contribution in [1.82, 2.24) is 9.80 Å². The minimum Gasteiger partial charge on any atom is -0.368 e. The molecule has 0 bridgehead atoms. The van der Waals surface area contributed by atoms with Gasteiger partial charge in [0.05, 0.1) is 12.6 Å². The van der Waals surface area contributed by atoms with Crippen LogP contribution in [-0.2, 0) is 9.59 Å². The fourth-order valence-electron chi connectivity index (χ4n) is 1.59. The van der Waals surface area contributed by atoms with Gasteiger partial charge in [-0.05, 0) is 19.4 Å². The van der Waals surface area contributed by atoms with Gasteiger partial charge in [0.15, 0.2) is 0 Å². The summed E-state index contributed by atoms with van der Waals surface area (Å²) in [7, 11) is 3.41. The Hall–Kier alpha value is -1.10. The maximum atomic E-state index is 11.6. The Morgan fingerprint density at radius 3 is 2.12 bits per heavy atom. The molecular weight excluding hydrogens is 206 g/mol. The van der Waals surface area contributed by atoms with E-state index in [0.29, 0.717) is 13.0 Å². The number of primary amides is 1. The van der Waals surface area contributed by atoms with Gasteiger partial charge in [-0.25, -0.2) is 0 Å². The highest BCUT2D eigenvalue weighted by molar-refractivity contribution is 5.82. The van der Waals surface area contributed by atoms with Crippen molar-refractivity contribution in [1.29, 1.82) is 0 Å². The highest BCUT2D eigenvalue weighted by Gasteiger charge is 2.23. The second-order valence-corrected chi connectivity index (χ2v) is 4.09. The lowest BCUT2D eigenvalue weighted by molar-refractivity contribution is -0.132. The molecule has 0 aliphatic rings. The van der Waals surface area contributed by atoms with Crippen molar-refractivity contribution in [3.05, 3.63) is 0 Å². The summed E-state index contributed by atoms with van der Waals surface area (Å²) in [6.45, 7) is 4.88. The van der Waals surface area contributed by atoms with Gasteiger partial charge in [-0.3, -0.25) is 14.5 Å². The van der Waals surface area contributed by atoms with Crippen LogP contribution in [0.1, 0.15) is 26.7 Å². The van der Waals surface area contributed by atoms with Gasteiger partial charge in [-0.1, -0.05) is 13.8 Å². The average molecular weight is 229 g/mol. The molecule has 2 amide bonds. The summed E-state index contributed by atoms with van der Waals surface area (Å²) in [5.41, 5.74) is 5.32. The van der Waals surface area contributed by atoms with Crippen molar-refractivity contribution < 1.29 is 9.59 Å². The predicted molar refractivity (Wildman–Crippen MR) is 63.8 cm³/mol. The number of nitrogens with zero attached hydrogens (tertiary/aromatic N) is 2. The second-order valence-electron chi connectivity index (χ2n) is 4.09. The van der Waals surface area contributed by atoms with E-state index in [0.717, 1.165) is 6.42 Å². The summed E-state index contributed by atoms with van der Waals surface area (Å²) in [6, 6.07) is -0.344. The van der Waals surface area contributed by atoms with Crippen molar-refractivity contribution in [2.75, 3.05) is 27.2 Å². The molecule has 0 aromatic carbocycles. The molecule has 0 aromatic heterocycles. The summed E-state index contributed by atoms with van der Waals surface area (Å²) < 4.78 is 0. The molecule has 94 valence electrons. The third-order valence-corrected chi connectivity index (χ3v) is 2.50. The SMILES string of the molecule is CCCN(CC(=O)N(C)C)C(CC)C(N)=O. The Morgan fingerprint density at radius 1 is 1.25 bits per heavy atom. The summed E-state index contributed by atoms with van der Waals surface area (Å²) in [5.74, 6) is -0.365. The minimum absolute atomic E-state index is 0.00634. The number of hydrogen-bond acceptors (Lipinski definition) is 3. The molecule has 5 heteroatoms. The van der Waals surface area contributed by atoms with Gasteiger partial charge in [-0.15, -0.1) is 0 Å². The molecule has 0 rings (SSSR count). The molecule has 0 heterocycles. The maximum absolute atomic E-state index is 11.6. The second kappa shape index (κ2) is 7.22. The van der Waals surface area contributed by atoms with E-state index in [-0.39, 0.29) is 24.4 Å². The zero-order valence-corrected chi connectivity index (χ0v) is 10.7. The maximum Gasteiger partial charge on any atom is 0.236 e. The molecule has 0 aromatic rings. The van der Waals surface area contributed by atoms with E-state index >= 15 is 0 Å². The highest BCUT2D eigenvalue weighted by Crippen LogP contribution is 2.05. The molecule has 0 saturated carbocycles. The standard InChI is InChI=1S/C11H23N3O2/c1-5-7-14(8-10(15)13(3)4)9(6-2)11(12)16/h9H,5-8H2,1-4H3,(H2,12,16). The van der Waals surface area contributed by atoms with Gasteiger partial charge in [0.2, 0.25) is 11.8 Å². The molecule has 16 heavy (non-hydrogen) atoms. The first kappa shape index (κ1) is 14.9. The molecule has 5 nitrogen and oxygen atoms in total. The van der Waals surface area contributed by atoms with Crippen LogP contribution < -0.4 is 5.73 Å². The van der Waals surface area contributed by atoms with E-state index in [2.05, 4.69) is 0 Å². The number of carbonyl (C=O) groups excluding carboxylic acids is 2. The van der Waals surface area contributed by atoms with Crippen molar-refractivity contribution in [2.24, 2.45) is 5.73 Å². The number of amides is 2. The fourth-order valence-corrected chi connectivity index (χ4v) is 1.59. The minimum atomic E-state index is -0.359. The van der Waals surface area contributed by atoms with Crippen LogP contribution in [0, 0.1) is 0 Å². The van der Waals surface area contributed by atoms with Crippen LogP contribution in [0.3, 0.4) is 0 Å². The van der Waals surface area contributed by atoms with Crippen LogP contribution in [0.5, 0.6) is 0 Å². The van der Waals surface area contributed by atoms with E-state index in [9.17, 15) is 9.59 Å². The lowest BCUT2D eigenvalue weighted by Crippen LogP contribution is -2.48. The molecule has 0 saturated heterocycles. The lowest BCUT2D eigenvalue weighted by Gasteiger charge is -2.28. The summed E-state index contributed by atoms with van der Waals surface area (Å²) in [5, 5.41) is 0. The molecule has 1 atom stereocenters.